The summed E-state index contributed by atoms with van der Waals surface area (Å²) in [5.41, 5.74) is 2.15. The van der Waals surface area contributed by atoms with Gasteiger partial charge in [-0.15, -0.1) is 0 Å². The third-order valence-corrected chi connectivity index (χ3v) is 4.56. The van der Waals surface area contributed by atoms with Crippen LogP contribution in [0.3, 0.4) is 0 Å². The lowest BCUT2D eigenvalue weighted by Crippen LogP contribution is -1.91. The maximum Gasteiger partial charge on any atom is 0.169 e. The fourth-order valence-corrected chi connectivity index (χ4v) is 2.83. The number of hydrogen-bond donors (Lipinski definition) is 1. The molecule has 4 aromatic carbocycles. The first-order valence-corrected chi connectivity index (χ1v) is 9.96. The molecule has 4 rings (SSSR count). The van der Waals surface area contributed by atoms with Crippen molar-refractivity contribution in [2.75, 3.05) is 7.11 Å². The van der Waals surface area contributed by atoms with E-state index < -0.39 is 0 Å². The monoisotopic (exact) mass is 414 g/mol. The van der Waals surface area contributed by atoms with Crippen molar-refractivity contribution in [2.45, 2.75) is 13.8 Å². The zero-order chi connectivity index (χ0) is 22.1. The summed E-state index contributed by atoms with van der Waals surface area (Å²) < 4.78 is 16.6. The van der Waals surface area contributed by atoms with Crippen LogP contribution >= 0.6 is 0 Å². The van der Waals surface area contributed by atoms with Gasteiger partial charge in [-0.1, -0.05) is 60.7 Å². The van der Waals surface area contributed by atoms with Gasteiger partial charge in [0.15, 0.2) is 23.0 Å². The second-order valence-electron chi connectivity index (χ2n) is 6.85. The van der Waals surface area contributed by atoms with E-state index in [2.05, 4.69) is 0 Å². The third kappa shape index (κ3) is 6.03. The lowest BCUT2D eigenvalue weighted by molar-refractivity contribution is 0.378. The van der Waals surface area contributed by atoms with Gasteiger partial charge in [-0.3, -0.25) is 0 Å². The predicted molar refractivity (Wildman–Crippen MR) is 124 cm³/mol. The minimum absolute atomic E-state index is 0.153. The summed E-state index contributed by atoms with van der Waals surface area (Å²) in [5.74, 6) is 3.73. The number of aromatic hydroxyl groups is 1. The molecule has 0 spiro atoms. The van der Waals surface area contributed by atoms with E-state index in [4.69, 9.17) is 14.2 Å². The van der Waals surface area contributed by atoms with E-state index in [0.717, 1.165) is 34.1 Å². The molecule has 0 bridgehead atoms. The Morgan fingerprint density at radius 2 is 0.871 bits per heavy atom. The van der Waals surface area contributed by atoms with Crippen molar-refractivity contribution in [3.63, 3.8) is 0 Å². The van der Waals surface area contributed by atoms with Crippen LogP contribution in [0.1, 0.15) is 11.1 Å². The number of methoxy groups -OCH3 is 1. The van der Waals surface area contributed by atoms with E-state index >= 15 is 0 Å². The van der Waals surface area contributed by atoms with Gasteiger partial charge in [0.2, 0.25) is 0 Å². The first-order chi connectivity index (χ1) is 15.1. The standard InChI is InChI=1S/C14H14O2.C13H12O2/c1-11-7-3-4-8-12(11)16-14-10-6-5-9-13(14)15-2;1-10-6-2-4-8-12(10)15-13-9-5-3-7-11(13)14/h3-10H,1-2H3;2-9,14H,1H3. The highest BCUT2D eigenvalue weighted by Gasteiger charge is 2.05. The average Bonchev–Trinajstić information content (AvgIpc) is 2.79. The van der Waals surface area contributed by atoms with Gasteiger partial charge >= 0.3 is 0 Å². The largest absolute Gasteiger partial charge is 0.504 e. The molecule has 0 saturated carbocycles. The summed E-state index contributed by atoms with van der Waals surface area (Å²) in [7, 11) is 1.64. The summed E-state index contributed by atoms with van der Waals surface area (Å²) >= 11 is 0. The highest BCUT2D eigenvalue weighted by Crippen LogP contribution is 2.32. The van der Waals surface area contributed by atoms with E-state index in [0.29, 0.717) is 5.75 Å². The van der Waals surface area contributed by atoms with Crippen molar-refractivity contribution < 1.29 is 19.3 Å². The zero-order valence-electron chi connectivity index (χ0n) is 17.9. The van der Waals surface area contributed by atoms with Gasteiger partial charge in [-0.25, -0.2) is 0 Å². The Bertz CT molecular complexity index is 1080. The first-order valence-electron chi connectivity index (χ1n) is 9.96. The first kappa shape index (κ1) is 21.8. The molecule has 4 aromatic rings. The molecular weight excluding hydrogens is 388 g/mol. The number of rotatable bonds is 5. The molecule has 4 nitrogen and oxygen atoms in total. The summed E-state index contributed by atoms with van der Waals surface area (Å²) in [6.45, 7) is 3.99. The summed E-state index contributed by atoms with van der Waals surface area (Å²) in [4.78, 5) is 0. The summed E-state index contributed by atoms with van der Waals surface area (Å²) in [5, 5.41) is 9.54. The van der Waals surface area contributed by atoms with Gasteiger partial charge in [0.25, 0.3) is 0 Å². The third-order valence-electron chi connectivity index (χ3n) is 4.56. The van der Waals surface area contributed by atoms with E-state index in [1.165, 1.54) is 0 Å². The van der Waals surface area contributed by atoms with Gasteiger partial charge < -0.3 is 19.3 Å². The minimum Gasteiger partial charge on any atom is -0.504 e. The number of para-hydroxylation sites is 6. The molecule has 0 radical (unpaired) electrons. The number of ether oxygens (including phenoxy) is 3. The molecule has 0 aromatic heterocycles. The van der Waals surface area contributed by atoms with E-state index in [9.17, 15) is 5.11 Å². The van der Waals surface area contributed by atoms with Crippen LogP contribution in [0.4, 0.5) is 0 Å². The number of hydrogen-bond acceptors (Lipinski definition) is 4. The lowest BCUT2D eigenvalue weighted by atomic mass is 10.2. The van der Waals surface area contributed by atoms with E-state index in [1.54, 1.807) is 25.3 Å². The van der Waals surface area contributed by atoms with Gasteiger partial charge in [0.1, 0.15) is 11.5 Å². The number of phenols is 1. The lowest BCUT2D eigenvalue weighted by Gasteiger charge is -2.11. The zero-order valence-corrected chi connectivity index (χ0v) is 17.9. The summed E-state index contributed by atoms with van der Waals surface area (Å²) in [6, 6.07) is 30.2. The Balaban J connectivity index is 0.000000176. The van der Waals surface area contributed by atoms with Gasteiger partial charge in [0.05, 0.1) is 7.11 Å². The topological polar surface area (TPSA) is 47.9 Å². The van der Waals surface area contributed by atoms with Crippen LogP contribution in [0.5, 0.6) is 34.5 Å². The highest BCUT2D eigenvalue weighted by atomic mass is 16.5. The van der Waals surface area contributed by atoms with Crippen molar-refractivity contribution in [3.8, 4) is 34.5 Å². The van der Waals surface area contributed by atoms with Gasteiger partial charge in [-0.2, -0.15) is 0 Å². The normalized spacial score (nSPS) is 9.90. The molecule has 4 heteroatoms. The van der Waals surface area contributed by atoms with Crippen LogP contribution in [-0.4, -0.2) is 12.2 Å². The quantitative estimate of drug-likeness (QED) is 0.372. The molecule has 158 valence electrons. The maximum atomic E-state index is 9.54. The number of aryl methyl sites for hydroxylation is 2. The fourth-order valence-electron chi connectivity index (χ4n) is 2.83. The van der Waals surface area contributed by atoms with E-state index in [1.807, 2.05) is 92.7 Å². The fraction of sp³-hybridized carbons (Fsp3) is 0.111. The Morgan fingerprint density at radius 1 is 0.484 bits per heavy atom. The van der Waals surface area contributed by atoms with Crippen molar-refractivity contribution >= 4 is 0 Å². The van der Waals surface area contributed by atoms with Crippen LogP contribution < -0.4 is 14.2 Å². The van der Waals surface area contributed by atoms with Gasteiger partial charge in [-0.05, 0) is 61.4 Å². The Kier molecular flexibility index (Phi) is 7.55. The smallest absolute Gasteiger partial charge is 0.169 e. The molecule has 0 saturated heterocycles. The van der Waals surface area contributed by atoms with Crippen LogP contribution in [0.2, 0.25) is 0 Å². The molecule has 0 fully saturated rings. The number of phenolic OH excluding ortho intramolecular Hbond substituents is 1. The van der Waals surface area contributed by atoms with Crippen molar-refractivity contribution in [1.29, 1.82) is 0 Å². The molecule has 0 aliphatic rings. The maximum absolute atomic E-state index is 9.54. The van der Waals surface area contributed by atoms with E-state index in [-0.39, 0.29) is 5.75 Å². The Hall–Kier alpha value is -3.92. The van der Waals surface area contributed by atoms with Gasteiger partial charge in [0, 0.05) is 0 Å². The molecule has 0 amide bonds. The Morgan fingerprint density at radius 3 is 1.35 bits per heavy atom. The molecule has 0 atom stereocenters. The molecule has 0 aliphatic heterocycles. The van der Waals surface area contributed by atoms with Crippen LogP contribution in [0.25, 0.3) is 0 Å². The average molecular weight is 415 g/mol. The Labute approximate surface area is 183 Å². The minimum atomic E-state index is 0.153. The second-order valence-corrected chi connectivity index (χ2v) is 6.85. The molecule has 0 aliphatic carbocycles. The molecule has 1 N–H and O–H groups in total. The highest BCUT2D eigenvalue weighted by molar-refractivity contribution is 5.45. The second kappa shape index (κ2) is 10.7. The predicted octanol–water partition coefficient (Wildman–Crippen LogP) is 7.29. The SMILES string of the molecule is COc1ccccc1Oc1ccccc1C.Cc1ccccc1Oc1ccccc1O. The molecule has 0 unspecified atom stereocenters. The van der Waals surface area contributed by atoms with Crippen molar-refractivity contribution in [3.05, 3.63) is 108 Å². The molecule has 31 heavy (non-hydrogen) atoms. The van der Waals surface area contributed by atoms with Crippen molar-refractivity contribution in [2.24, 2.45) is 0 Å². The van der Waals surface area contributed by atoms with Crippen LogP contribution in [0.15, 0.2) is 97.1 Å². The number of benzene rings is 4. The summed E-state index contributed by atoms with van der Waals surface area (Å²) in [6.07, 6.45) is 0. The molecule has 0 heterocycles. The van der Waals surface area contributed by atoms with Crippen LogP contribution in [-0.2, 0) is 0 Å². The molecular formula is C27H26O4. The van der Waals surface area contributed by atoms with Crippen molar-refractivity contribution in [1.82, 2.24) is 0 Å². The van der Waals surface area contributed by atoms with Crippen LogP contribution in [0, 0.1) is 13.8 Å².